The zero-order valence-electron chi connectivity index (χ0n) is 7.68. The molecule has 3 nitrogen and oxygen atoms in total. The van der Waals surface area contributed by atoms with Crippen LogP contribution in [-0.4, -0.2) is 16.2 Å². The van der Waals surface area contributed by atoms with Crippen LogP contribution in [0.4, 0.5) is 0 Å². The van der Waals surface area contributed by atoms with E-state index in [1.54, 1.807) is 24.3 Å². The van der Waals surface area contributed by atoms with Crippen LogP contribution in [0.5, 0.6) is 5.75 Å². The first kappa shape index (κ1) is 12.0. The topological polar surface area (TPSA) is 57.5 Å². The first-order valence-electron chi connectivity index (χ1n) is 3.88. The summed E-state index contributed by atoms with van der Waals surface area (Å²) in [5.41, 5.74) is -0.0671. The van der Waals surface area contributed by atoms with Gasteiger partial charge in [-0.05, 0) is 12.1 Å². The summed E-state index contributed by atoms with van der Waals surface area (Å²) in [5.74, 6) is -1.31. The van der Waals surface area contributed by atoms with Gasteiger partial charge < -0.3 is 10.2 Å². The van der Waals surface area contributed by atoms with Gasteiger partial charge in [0, 0.05) is 0 Å². The second-order valence-corrected chi connectivity index (χ2v) is 2.29. The molecule has 1 aromatic carbocycles. The van der Waals surface area contributed by atoms with Crippen LogP contribution >= 0.6 is 0 Å². The molecular weight excluding hydrogens is 180 g/mol. The van der Waals surface area contributed by atoms with Gasteiger partial charge in [0.1, 0.15) is 11.3 Å². The molecular formula is C11H12O3. The maximum absolute atomic E-state index is 10.3. The van der Waals surface area contributed by atoms with E-state index in [9.17, 15) is 4.79 Å². The molecule has 1 aromatic rings. The number of benzene rings is 1. The lowest BCUT2D eigenvalue weighted by Crippen LogP contribution is -1.95. The van der Waals surface area contributed by atoms with Crippen molar-refractivity contribution in [1.82, 2.24) is 0 Å². The highest BCUT2D eigenvalue weighted by atomic mass is 16.4. The third kappa shape index (κ3) is 4.11. The Morgan fingerprint density at radius 2 is 1.71 bits per heavy atom. The van der Waals surface area contributed by atoms with E-state index in [0.717, 1.165) is 0 Å². The zero-order chi connectivity index (χ0) is 11.0. The molecule has 0 radical (unpaired) electrons. The molecule has 0 aliphatic heterocycles. The molecule has 2 N–H and O–H groups in total. The first-order valence-corrected chi connectivity index (χ1v) is 3.88. The maximum Gasteiger partial charge on any atom is 0.339 e. The zero-order valence-corrected chi connectivity index (χ0v) is 7.68. The quantitative estimate of drug-likeness (QED) is 0.707. The van der Waals surface area contributed by atoms with Crippen molar-refractivity contribution in [3.63, 3.8) is 0 Å². The Balaban J connectivity index is 0.000000364. The number of carboxylic acids is 1. The Bertz CT molecular complexity index is 323. The highest BCUT2D eigenvalue weighted by Gasteiger charge is 2.05. The smallest absolute Gasteiger partial charge is 0.339 e. The van der Waals surface area contributed by atoms with Gasteiger partial charge in [-0.1, -0.05) is 37.4 Å². The summed E-state index contributed by atoms with van der Waals surface area (Å²) in [6.07, 6.45) is 3.28. The molecule has 0 atom stereocenters. The van der Waals surface area contributed by atoms with Gasteiger partial charge in [-0.25, -0.2) is 4.79 Å². The molecule has 0 spiro atoms. The molecule has 0 unspecified atom stereocenters. The number of allylic oxidation sites excluding steroid dienone is 2. The van der Waals surface area contributed by atoms with Gasteiger partial charge in [-0.15, -0.1) is 0 Å². The van der Waals surface area contributed by atoms with E-state index < -0.39 is 5.97 Å². The molecule has 74 valence electrons. The average molecular weight is 192 g/mol. The van der Waals surface area contributed by atoms with E-state index in [1.165, 1.54) is 12.1 Å². The summed E-state index contributed by atoms with van der Waals surface area (Å²) in [6.45, 7) is 6.72. The Morgan fingerprint density at radius 3 is 2.00 bits per heavy atom. The first-order chi connectivity index (χ1) is 6.63. The Kier molecular flexibility index (Phi) is 5.54. The Labute approximate surface area is 82.6 Å². The third-order valence-electron chi connectivity index (χ3n) is 1.30. The number of phenols is 1. The molecule has 1 rings (SSSR count). The molecule has 0 heterocycles. The van der Waals surface area contributed by atoms with Gasteiger partial charge in [0.05, 0.1) is 0 Å². The van der Waals surface area contributed by atoms with Crippen LogP contribution < -0.4 is 0 Å². The lowest BCUT2D eigenvalue weighted by molar-refractivity contribution is 0.0694. The van der Waals surface area contributed by atoms with E-state index in [1.807, 2.05) is 0 Å². The molecule has 0 aliphatic carbocycles. The predicted octanol–water partition coefficient (Wildman–Crippen LogP) is 2.45. The van der Waals surface area contributed by atoms with E-state index >= 15 is 0 Å². The normalized spacial score (nSPS) is 8.00. The molecule has 0 aromatic heterocycles. The van der Waals surface area contributed by atoms with Gasteiger partial charge in [-0.3, -0.25) is 0 Å². The van der Waals surface area contributed by atoms with Gasteiger partial charge >= 0.3 is 5.97 Å². The van der Waals surface area contributed by atoms with Crippen molar-refractivity contribution in [3.05, 3.63) is 55.1 Å². The highest BCUT2D eigenvalue weighted by molar-refractivity contribution is 5.90. The number of hydrogen-bond donors (Lipinski definition) is 2. The van der Waals surface area contributed by atoms with Crippen molar-refractivity contribution in [3.8, 4) is 5.75 Å². The SMILES string of the molecule is C=CC=C.O=C(O)c1ccccc1O. The Hall–Kier alpha value is -2.03. The fourth-order valence-corrected chi connectivity index (χ4v) is 0.654. The van der Waals surface area contributed by atoms with E-state index in [0.29, 0.717) is 0 Å². The number of aromatic carboxylic acids is 1. The lowest BCUT2D eigenvalue weighted by Gasteiger charge is -1.95. The number of para-hydroxylation sites is 1. The molecule has 3 heteroatoms. The largest absolute Gasteiger partial charge is 0.507 e. The van der Waals surface area contributed by atoms with E-state index in [2.05, 4.69) is 13.2 Å². The summed E-state index contributed by atoms with van der Waals surface area (Å²) in [4.78, 5) is 10.3. The number of rotatable bonds is 2. The minimum atomic E-state index is -1.11. The van der Waals surface area contributed by atoms with Crippen LogP contribution in [0.1, 0.15) is 10.4 Å². The minimum absolute atomic E-state index is 0.0671. The maximum atomic E-state index is 10.3. The molecule has 0 aliphatic rings. The van der Waals surface area contributed by atoms with Crippen LogP contribution in [0.3, 0.4) is 0 Å². The van der Waals surface area contributed by atoms with Crippen molar-refractivity contribution in [2.45, 2.75) is 0 Å². The number of carbonyl (C=O) groups is 1. The molecule has 0 saturated heterocycles. The molecule has 0 fully saturated rings. The van der Waals surface area contributed by atoms with Crippen molar-refractivity contribution in [2.75, 3.05) is 0 Å². The minimum Gasteiger partial charge on any atom is -0.507 e. The van der Waals surface area contributed by atoms with Crippen molar-refractivity contribution >= 4 is 5.97 Å². The lowest BCUT2D eigenvalue weighted by atomic mass is 10.2. The monoisotopic (exact) mass is 192 g/mol. The molecule has 0 saturated carbocycles. The van der Waals surface area contributed by atoms with E-state index in [-0.39, 0.29) is 11.3 Å². The summed E-state index contributed by atoms with van der Waals surface area (Å²) < 4.78 is 0. The third-order valence-corrected chi connectivity index (χ3v) is 1.30. The van der Waals surface area contributed by atoms with Crippen LogP contribution in [0.15, 0.2) is 49.6 Å². The van der Waals surface area contributed by atoms with Crippen molar-refractivity contribution < 1.29 is 15.0 Å². The highest BCUT2D eigenvalue weighted by Crippen LogP contribution is 2.14. The van der Waals surface area contributed by atoms with Gasteiger partial charge in [0.2, 0.25) is 0 Å². The number of hydrogen-bond acceptors (Lipinski definition) is 2. The number of aromatic hydroxyl groups is 1. The molecule has 0 bridgehead atoms. The molecule has 14 heavy (non-hydrogen) atoms. The Morgan fingerprint density at radius 1 is 1.21 bits per heavy atom. The second-order valence-electron chi connectivity index (χ2n) is 2.29. The van der Waals surface area contributed by atoms with Crippen LogP contribution in [-0.2, 0) is 0 Å². The van der Waals surface area contributed by atoms with Crippen LogP contribution in [0.25, 0.3) is 0 Å². The standard InChI is InChI=1S/C7H6O3.C4H6/c8-6-4-2-1-3-5(6)7(9)10;1-3-4-2/h1-4,8H,(H,9,10);3-4H,1-2H2. The second kappa shape index (κ2) is 6.48. The number of carboxylic acid groups (broad SMARTS) is 1. The average Bonchev–Trinajstić information content (AvgIpc) is 2.18. The summed E-state index contributed by atoms with van der Waals surface area (Å²) in [7, 11) is 0. The summed E-state index contributed by atoms with van der Waals surface area (Å²) in [5, 5.41) is 17.3. The fourth-order valence-electron chi connectivity index (χ4n) is 0.654. The van der Waals surface area contributed by atoms with Crippen LogP contribution in [0, 0.1) is 0 Å². The fraction of sp³-hybridized carbons (Fsp3) is 0. The molecule has 0 amide bonds. The summed E-state index contributed by atoms with van der Waals surface area (Å²) in [6, 6.07) is 5.81. The van der Waals surface area contributed by atoms with Gasteiger partial charge in [0.25, 0.3) is 0 Å². The van der Waals surface area contributed by atoms with Gasteiger partial charge in [-0.2, -0.15) is 0 Å². The summed E-state index contributed by atoms with van der Waals surface area (Å²) >= 11 is 0. The van der Waals surface area contributed by atoms with Crippen molar-refractivity contribution in [2.24, 2.45) is 0 Å². The van der Waals surface area contributed by atoms with Crippen LogP contribution in [0.2, 0.25) is 0 Å². The van der Waals surface area contributed by atoms with E-state index in [4.69, 9.17) is 10.2 Å². The van der Waals surface area contributed by atoms with Crippen molar-refractivity contribution in [1.29, 1.82) is 0 Å². The van der Waals surface area contributed by atoms with Gasteiger partial charge in [0.15, 0.2) is 0 Å². The predicted molar refractivity (Wildman–Crippen MR) is 55.5 cm³/mol.